The molecule has 1 heterocycles. The van der Waals surface area contributed by atoms with Gasteiger partial charge in [0.15, 0.2) is 12.4 Å². The number of hydrogen-bond donors (Lipinski definition) is 1. The maximum absolute atomic E-state index is 12.4. The molecule has 0 unspecified atom stereocenters. The molecule has 2 rings (SSSR count). The second-order valence-corrected chi connectivity index (χ2v) is 6.43. The summed E-state index contributed by atoms with van der Waals surface area (Å²) in [5.74, 6) is -1.00. The Morgan fingerprint density at radius 1 is 0.960 bits per heavy atom. The molecule has 1 N–H and O–H groups in total. The topological polar surface area (TPSA) is 76.2 Å². The Morgan fingerprint density at radius 2 is 1.56 bits per heavy atom. The summed E-state index contributed by atoms with van der Waals surface area (Å²) in [6.45, 7) is 10.3. The first kappa shape index (κ1) is 18.6. The van der Waals surface area contributed by atoms with Gasteiger partial charge in [-0.2, -0.15) is 0 Å². The molecule has 1 aromatic carbocycles. The molecule has 0 saturated heterocycles. The second-order valence-electron chi connectivity index (χ2n) is 6.43. The van der Waals surface area contributed by atoms with E-state index in [9.17, 15) is 14.4 Å². The SMILES string of the molecule is CC(=O)c1c(C)[nH]c(C(=O)OCC(=O)c2cc(C)c(C)cc2C)c1C. The maximum atomic E-state index is 12.4. The van der Waals surface area contributed by atoms with E-state index in [1.165, 1.54) is 6.92 Å². The molecule has 25 heavy (non-hydrogen) atoms. The molecule has 0 aliphatic carbocycles. The molecule has 1 aromatic heterocycles. The van der Waals surface area contributed by atoms with Gasteiger partial charge in [0.1, 0.15) is 5.69 Å². The minimum absolute atomic E-state index is 0.118. The average molecular weight is 341 g/mol. The Bertz CT molecular complexity index is 874. The fourth-order valence-electron chi connectivity index (χ4n) is 3.02. The first-order valence-corrected chi connectivity index (χ1v) is 8.11. The maximum Gasteiger partial charge on any atom is 0.355 e. The van der Waals surface area contributed by atoms with E-state index in [2.05, 4.69) is 4.98 Å². The lowest BCUT2D eigenvalue weighted by molar-refractivity contribution is 0.0468. The average Bonchev–Trinajstić information content (AvgIpc) is 2.83. The summed E-state index contributed by atoms with van der Waals surface area (Å²) in [7, 11) is 0. The van der Waals surface area contributed by atoms with Crippen molar-refractivity contribution in [3.63, 3.8) is 0 Å². The highest BCUT2D eigenvalue weighted by atomic mass is 16.5. The Hall–Kier alpha value is -2.69. The fourth-order valence-corrected chi connectivity index (χ4v) is 3.02. The number of carbonyl (C=O) groups excluding carboxylic acids is 3. The van der Waals surface area contributed by atoms with Crippen LogP contribution in [0.1, 0.15) is 66.1 Å². The summed E-state index contributed by atoms with van der Waals surface area (Å²) >= 11 is 0. The molecule has 5 heteroatoms. The van der Waals surface area contributed by atoms with Crippen molar-refractivity contribution < 1.29 is 19.1 Å². The number of ether oxygens (including phenoxy) is 1. The summed E-state index contributed by atoms with van der Waals surface area (Å²) in [6, 6.07) is 3.76. The largest absolute Gasteiger partial charge is 0.453 e. The van der Waals surface area contributed by atoms with E-state index < -0.39 is 5.97 Å². The molecule has 0 radical (unpaired) electrons. The van der Waals surface area contributed by atoms with E-state index in [4.69, 9.17) is 4.74 Å². The van der Waals surface area contributed by atoms with Crippen molar-refractivity contribution in [2.45, 2.75) is 41.5 Å². The number of carbonyl (C=O) groups is 3. The quantitative estimate of drug-likeness (QED) is 0.663. The second kappa shape index (κ2) is 7.05. The highest BCUT2D eigenvalue weighted by Gasteiger charge is 2.22. The molecule has 0 aliphatic rings. The zero-order chi connectivity index (χ0) is 18.9. The van der Waals surface area contributed by atoms with Crippen LogP contribution in [0.5, 0.6) is 0 Å². The Balaban J connectivity index is 2.15. The molecule has 0 amide bonds. The first-order valence-electron chi connectivity index (χ1n) is 8.11. The molecule has 0 aliphatic heterocycles. The third-order valence-corrected chi connectivity index (χ3v) is 4.47. The van der Waals surface area contributed by atoms with Crippen LogP contribution in [-0.4, -0.2) is 29.1 Å². The number of esters is 1. The number of nitrogens with one attached hydrogen (secondary N) is 1. The number of benzene rings is 1. The van der Waals surface area contributed by atoms with Crippen molar-refractivity contribution in [3.05, 3.63) is 56.9 Å². The van der Waals surface area contributed by atoms with Crippen molar-refractivity contribution in [2.24, 2.45) is 0 Å². The fraction of sp³-hybridized carbons (Fsp3) is 0.350. The van der Waals surface area contributed by atoms with Gasteiger partial charge in [-0.15, -0.1) is 0 Å². The molecule has 0 fully saturated rings. The predicted molar refractivity (Wildman–Crippen MR) is 95.5 cm³/mol. The number of ketones is 2. The van der Waals surface area contributed by atoms with Gasteiger partial charge < -0.3 is 9.72 Å². The molecule has 5 nitrogen and oxygen atoms in total. The Labute approximate surface area is 147 Å². The molecular weight excluding hydrogens is 318 g/mol. The zero-order valence-corrected chi connectivity index (χ0v) is 15.5. The predicted octanol–water partition coefficient (Wildman–Crippen LogP) is 3.80. The van der Waals surface area contributed by atoms with Crippen LogP contribution in [0.3, 0.4) is 0 Å². The van der Waals surface area contributed by atoms with Gasteiger partial charge in [-0.25, -0.2) is 4.79 Å². The highest BCUT2D eigenvalue weighted by molar-refractivity contribution is 6.03. The van der Waals surface area contributed by atoms with Crippen molar-refractivity contribution in [2.75, 3.05) is 6.61 Å². The van der Waals surface area contributed by atoms with E-state index in [1.807, 2.05) is 32.9 Å². The number of Topliss-reactive ketones (excluding diaryl/α,β-unsaturated/α-hetero) is 2. The lowest BCUT2D eigenvalue weighted by Gasteiger charge is -2.09. The monoisotopic (exact) mass is 341 g/mol. The third-order valence-electron chi connectivity index (χ3n) is 4.47. The molecule has 0 bridgehead atoms. The van der Waals surface area contributed by atoms with Gasteiger partial charge in [-0.05, 0) is 69.9 Å². The van der Waals surface area contributed by atoms with E-state index in [-0.39, 0.29) is 23.9 Å². The lowest BCUT2D eigenvalue weighted by atomic mass is 9.98. The molecule has 0 saturated carbocycles. The van der Waals surface area contributed by atoms with Crippen LogP contribution in [0.2, 0.25) is 0 Å². The standard InChI is InChI=1S/C20H23NO4/c1-10-7-12(3)16(8-11(10)2)17(23)9-25-20(24)19-13(4)18(15(6)22)14(5)21-19/h7-8,21H,9H2,1-6H3. The van der Waals surface area contributed by atoms with Crippen molar-refractivity contribution >= 4 is 17.5 Å². The van der Waals surface area contributed by atoms with Crippen molar-refractivity contribution in [3.8, 4) is 0 Å². The van der Waals surface area contributed by atoms with Gasteiger partial charge in [0.2, 0.25) is 5.78 Å². The van der Waals surface area contributed by atoms with Crippen LogP contribution < -0.4 is 0 Å². The normalized spacial score (nSPS) is 10.6. The number of aromatic nitrogens is 1. The van der Waals surface area contributed by atoms with Crippen molar-refractivity contribution in [1.82, 2.24) is 4.98 Å². The summed E-state index contributed by atoms with van der Waals surface area (Å²) in [5.41, 5.74) is 5.41. The number of aryl methyl sites for hydroxylation is 4. The van der Waals surface area contributed by atoms with Crippen LogP contribution in [0.4, 0.5) is 0 Å². The molecule has 0 spiro atoms. The van der Waals surface area contributed by atoms with E-state index >= 15 is 0 Å². The van der Waals surface area contributed by atoms with E-state index in [0.29, 0.717) is 22.4 Å². The number of hydrogen-bond acceptors (Lipinski definition) is 4. The third kappa shape index (κ3) is 3.71. The van der Waals surface area contributed by atoms with Crippen LogP contribution in [0.25, 0.3) is 0 Å². The summed E-state index contributed by atoms with van der Waals surface area (Å²) < 4.78 is 5.17. The summed E-state index contributed by atoms with van der Waals surface area (Å²) in [4.78, 5) is 39.2. The van der Waals surface area contributed by atoms with Gasteiger partial charge in [0.25, 0.3) is 0 Å². The minimum atomic E-state index is -0.636. The van der Waals surface area contributed by atoms with Gasteiger partial charge in [0.05, 0.1) is 0 Å². The first-order chi connectivity index (χ1) is 11.6. The minimum Gasteiger partial charge on any atom is -0.453 e. The van der Waals surface area contributed by atoms with Gasteiger partial charge in [-0.1, -0.05) is 6.07 Å². The van der Waals surface area contributed by atoms with Crippen LogP contribution in [0, 0.1) is 34.6 Å². The summed E-state index contributed by atoms with van der Waals surface area (Å²) in [6.07, 6.45) is 0. The van der Waals surface area contributed by atoms with Gasteiger partial charge >= 0.3 is 5.97 Å². The van der Waals surface area contributed by atoms with E-state index in [0.717, 1.165) is 16.7 Å². The molecular formula is C20H23NO4. The Kier molecular flexibility index (Phi) is 5.26. The molecule has 2 aromatic rings. The lowest BCUT2D eigenvalue weighted by Crippen LogP contribution is -2.16. The number of H-pyrrole nitrogens is 1. The molecule has 0 atom stereocenters. The van der Waals surface area contributed by atoms with Crippen molar-refractivity contribution in [1.29, 1.82) is 0 Å². The number of aromatic amines is 1. The highest BCUT2D eigenvalue weighted by Crippen LogP contribution is 2.20. The van der Waals surface area contributed by atoms with E-state index in [1.54, 1.807) is 13.8 Å². The Morgan fingerprint density at radius 3 is 2.12 bits per heavy atom. The summed E-state index contributed by atoms with van der Waals surface area (Å²) in [5, 5.41) is 0. The smallest absolute Gasteiger partial charge is 0.355 e. The van der Waals surface area contributed by atoms with Crippen LogP contribution in [-0.2, 0) is 4.74 Å². The van der Waals surface area contributed by atoms with Crippen LogP contribution in [0.15, 0.2) is 12.1 Å². The zero-order valence-electron chi connectivity index (χ0n) is 15.5. The van der Waals surface area contributed by atoms with Gasteiger partial charge in [0, 0.05) is 16.8 Å². The van der Waals surface area contributed by atoms with Gasteiger partial charge in [-0.3, -0.25) is 9.59 Å². The number of rotatable bonds is 5. The van der Waals surface area contributed by atoms with Crippen LogP contribution >= 0.6 is 0 Å². The molecule has 132 valence electrons.